The molecule has 1 aromatic carbocycles. The number of anilines is 1. The lowest BCUT2D eigenvalue weighted by molar-refractivity contribution is 0.102. The van der Waals surface area contributed by atoms with Crippen LogP contribution >= 0.6 is 34.8 Å². The number of carbonyl (C=O) groups is 1. The van der Waals surface area contributed by atoms with Crippen molar-refractivity contribution in [1.82, 2.24) is 4.98 Å². The largest absolute Gasteiger partial charge is 0.321 e. The molecule has 2 aromatic rings. The molecule has 3 nitrogen and oxygen atoms in total. The summed E-state index contributed by atoms with van der Waals surface area (Å²) in [5, 5.41) is 3.28. The van der Waals surface area contributed by atoms with Crippen molar-refractivity contribution in [3.05, 3.63) is 57.0 Å². The highest BCUT2D eigenvalue weighted by molar-refractivity contribution is 6.44. The zero-order chi connectivity index (χ0) is 14.0. The van der Waals surface area contributed by atoms with E-state index in [1.807, 2.05) is 0 Å². The molecule has 1 N–H and O–H groups in total. The third-order valence-electron chi connectivity index (χ3n) is 2.25. The van der Waals surface area contributed by atoms with Crippen molar-refractivity contribution in [2.45, 2.75) is 0 Å². The van der Waals surface area contributed by atoms with E-state index in [0.29, 0.717) is 5.69 Å². The summed E-state index contributed by atoms with van der Waals surface area (Å²) in [6.07, 6.45) is 1.20. The molecular weight excluding hydrogens is 314 g/mol. The minimum absolute atomic E-state index is 0.120. The molecule has 98 valence electrons. The highest BCUT2D eigenvalue weighted by Crippen LogP contribution is 2.32. The van der Waals surface area contributed by atoms with Gasteiger partial charge in [0.05, 0.1) is 20.8 Å². The first kappa shape index (κ1) is 14.1. The molecule has 1 amide bonds. The smallest absolute Gasteiger partial charge is 0.255 e. The van der Waals surface area contributed by atoms with Crippen LogP contribution in [0.25, 0.3) is 0 Å². The number of nitrogens with zero attached hydrogens (tertiary/aromatic N) is 1. The molecule has 0 spiro atoms. The maximum absolute atomic E-state index is 12.9. The average molecular weight is 320 g/mol. The Kier molecular flexibility index (Phi) is 4.24. The first-order chi connectivity index (χ1) is 8.97. The van der Waals surface area contributed by atoms with Gasteiger partial charge in [-0.3, -0.25) is 4.79 Å². The molecule has 1 aromatic heterocycles. The molecule has 0 radical (unpaired) electrons. The van der Waals surface area contributed by atoms with Crippen LogP contribution in [-0.2, 0) is 0 Å². The van der Waals surface area contributed by atoms with Gasteiger partial charge in [0.15, 0.2) is 0 Å². The highest BCUT2D eigenvalue weighted by Gasteiger charge is 2.11. The van der Waals surface area contributed by atoms with E-state index in [0.717, 1.165) is 6.07 Å². The number of halogens is 4. The average Bonchev–Trinajstić information content (AvgIpc) is 2.36. The van der Waals surface area contributed by atoms with E-state index in [4.69, 9.17) is 34.8 Å². The fourth-order valence-electron chi connectivity index (χ4n) is 1.36. The first-order valence-corrected chi connectivity index (χ1v) is 6.18. The fraction of sp³-hybridized carbons (Fsp3) is 0. The van der Waals surface area contributed by atoms with Crippen LogP contribution in [0, 0.1) is 5.95 Å². The van der Waals surface area contributed by atoms with E-state index in [2.05, 4.69) is 10.3 Å². The lowest BCUT2D eigenvalue weighted by atomic mass is 10.2. The van der Waals surface area contributed by atoms with Gasteiger partial charge in [-0.25, -0.2) is 4.98 Å². The molecule has 0 saturated carbocycles. The van der Waals surface area contributed by atoms with Gasteiger partial charge < -0.3 is 5.32 Å². The van der Waals surface area contributed by atoms with Gasteiger partial charge in [-0.05, 0) is 18.2 Å². The van der Waals surface area contributed by atoms with Crippen molar-refractivity contribution >= 4 is 46.4 Å². The summed E-state index contributed by atoms with van der Waals surface area (Å²) < 4.78 is 12.9. The van der Waals surface area contributed by atoms with Gasteiger partial charge in [0, 0.05) is 17.8 Å². The second-order valence-electron chi connectivity index (χ2n) is 3.57. The minimum Gasteiger partial charge on any atom is -0.321 e. The predicted octanol–water partition coefficient (Wildman–Crippen LogP) is 4.43. The second kappa shape index (κ2) is 5.74. The maximum atomic E-state index is 12.9. The molecule has 2 rings (SSSR count). The van der Waals surface area contributed by atoms with E-state index in [9.17, 15) is 9.18 Å². The standard InChI is InChI=1S/C12H6Cl3FN2O/c13-7-4-9(15)10(5-8(7)14)18-12(19)6-1-2-17-11(16)3-6/h1-5H,(H,18,19). The molecule has 0 unspecified atom stereocenters. The summed E-state index contributed by atoms with van der Waals surface area (Å²) in [6, 6.07) is 5.22. The zero-order valence-electron chi connectivity index (χ0n) is 9.25. The maximum Gasteiger partial charge on any atom is 0.255 e. The Morgan fingerprint density at radius 2 is 1.79 bits per heavy atom. The quantitative estimate of drug-likeness (QED) is 0.657. The number of nitrogens with one attached hydrogen (secondary N) is 1. The zero-order valence-corrected chi connectivity index (χ0v) is 11.5. The highest BCUT2D eigenvalue weighted by atomic mass is 35.5. The van der Waals surface area contributed by atoms with Crippen LogP contribution in [0.4, 0.5) is 10.1 Å². The normalized spacial score (nSPS) is 10.3. The predicted molar refractivity (Wildman–Crippen MR) is 73.6 cm³/mol. The second-order valence-corrected chi connectivity index (χ2v) is 4.79. The van der Waals surface area contributed by atoms with Crippen molar-refractivity contribution in [2.75, 3.05) is 5.32 Å². The van der Waals surface area contributed by atoms with E-state index in [1.54, 1.807) is 0 Å². The summed E-state index contributed by atoms with van der Waals surface area (Å²) in [6.45, 7) is 0. The van der Waals surface area contributed by atoms with Crippen molar-refractivity contribution in [3.63, 3.8) is 0 Å². The van der Waals surface area contributed by atoms with Gasteiger partial charge in [-0.1, -0.05) is 34.8 Å². The van der Waals surface area contributed by atoms with E-state index in [1.165, 1.54) is 24.4 Å². The van der Waals surface area contributed by atoms with Gasteiger partial charge in [-0.15, -0.1) is 0 Å². The number of pyridine rings is 1. The Morgan fingerprint density at radius 1 is 1.11 bits per heavy atom. The Labute approximate surface area is 123 Å². The van der Waals surface area contributed by atoms with Crippen LogP contribution in [-0.4, -0.2) is 10.9 Å². The third kappa shape index (κ3) is 3.35. The van der Waals surface area contributed by atoms with Crippen molar-refractivity contribution in [1.29, 1.82) is 0 Å². The first-order valence-electron chi connectivity index (χ1n) is 5.05. The molecule has 0 aliphatic rings. The van der Waals surface area contributed by atoms with Crippen LogP contribution in [0.3, 0.4) is 0 Å². The topological polar surface area (TPSA) is 42.0 Å². The third-order valence-corrected chi connectivity index (χ3v) is 3.28. The van der Waals surface area contributed by atoms with Gasteiger partial charge in [0.2, 0.25) is 5.95 Å². The number of rotatable bonds is 2. The number of benzene rings is 1. The van der Waals surface area contributed by atoms with Crippen LogP contribution in [0.15, 0.2) is 30.5 Å². The molecule has 7 heteroatoms. The number of carbonyl (C=O) groups excluding carboxylic acids is 1. The van der Waals surface area contributed by atoms with Gasteiger partial charge in [-0.2, -0.15) is 4.39 Å². The van der Waals surface area contributed by atoms with Crippen LogP contribution in [0.2, 0.25) is 15.1 Å². The van der Waals surface area contributed by atoms with E-state index < -0.39 is 11.9 Å². The van der Waals surface area contributed by atoms with E-state index >= 15 is 0 Å². The molecule has 0 saturated heterocycles. The van der Waals surface area contributed by atoms with Crippen LogP contribution < -0.4 is 5.32 Å². The number of aromatic nitrogens is 1. The summed E-state index contributed by atoms with van der Waals surface area (Å²) in [5.74, 6) is -1.27. The van der Waals surface area contributed by atoms with Crippen LogP contribution in [0.1, 0.15) is 10.4 Å². The number of amides is 1. The molecular formula is C12H6Cl3FN2O. The summed E-state index contributed by atoms with van der Waals surface area (Å²) in [5.41, 5.74) is 0.410. The molecule has 0 fully saturated rings. The summed E-state index contributed by atoms with van der Waals surface area (Å²) >= 11 is 17.5. The molecule has 19 heavy (non-hydrogen) atoms. The van der Waals surface area contributed by atoms with Crippen molar-refractivity contribution in [2.24, 2.45) is 0 Å². The Balaban J connectivity index is 2.27. The van der Waals surface area contributed by atoms with E-state index in [-0.39, 0.29) is 20.6 Å². The lowest BCUT2D eigenvalue weighted by Crippen LogP contribution is -2.12. The fourth-order valence-corrected chi connectivity index (χ4v) is 1.95. The molecule has 0 atom stereocenters. The SMILES string of the molecule is O=C(Nc1cc(Cl)c(Cl)cc1Cl)c1ccnc(F)c1. The van der Waals surface area contributed by atoms with Crippen LogP contribution in [0.5, 0.6) is 0 Å². The minimum atomic E-state index is -0.743. The lowest BCUT2D eigenvalue weighted by Gasteiger charge is -2.08. The van der Waals surface area contributed by atoms with Gasteiger partial charge in [0.25, 0.3) is 5.91 Å². The molecule has 1 heterocycles. The Morgan fingerprint density at radius 3 is 2.47 bits per heavy atom. The van der Waals surface area contributed by atoms with Crippen molar-refractivity contribution in [3.8, 4) is 0 Å². The molecule has 0 bridgehead atoms. The van der Waals surface area contributed by atoms with Gasteiger partial charge in [0.1, 0.15) is 0 Å². The van der Waals surface area contributed by atoms with Crippen molar-refractivity contribution < 1.29 is 9.18 Å². The summed E-state index contributed by atoms with van der Waals surface area (Å²) in [7, 11) is 0. The molecule has 0 aliphatic carbocycles. The molecule has 0 aliphatic heterocycles. The summed E-state index contributed by atoms with van der Waals surface area (Å²) in [4.78, 5) is 15.2. The Hall–Kier alpha value is -1.36. The van der Waals surface area contributed by atoms with Gasteiger partial charge >= 0.3 is 0 Å². The monoisotopic (exact) mass is 318 g/mol. The number of hydrogen-bond donors (Lipinski definition) is 1. The Bertz CT molecular complexity index is 649. The number of hydrogen-bond acceptors (Lipinski definition) is 2.